The van der Waals surface area contributed by atoms with E-state index in [1.165, 1.54) is 16.0 Å². The Morgan fingerprint density at radius 1 is 1.12 bits per heavy atom. The van der Waals surface area contributed by atoms with Gasteiger partial charge in [0.05, 0.1) is 25.9 Å². The zero-order valence-corrected chi connectivity index (χ0v) is 14.8. The Morgan fingerprint density at radius 3 is 2.52 bits per heavy atom. The van der Waals surface area contributed by atoms with Crippen molar-refractivity contribution in [1.29, 1.82) is 0 Å². The second kappa shape index (κ2) is 7.99. The summed E-state index contributed by atoms with van der Waals surface area (Å²) in [6.07, 6.45) is 3.26. The van der Waals surface area contributed by atoms with Crippen molar-refractivity contribution >= 4 is 17.2 Å². The van der Waals surface area contributed by atoms with Crippen LogP contribution in [0.25, 0.3) is 5.57 Å². The van der Waals surface area contributed by atoms with Gasteiger partial charge in [-0.25, -0.2) is 0 Å². The lowest BCUT2D eigenvalue weighted by Crippen LogP contribution is -3.17. The predicted octanol–water partition coefficient (Wildman–Crippen LogP) is 2.39. The molecular weight excluding hydrogens is 312 g/mol. The van der Waals surface area contributed by atoms with Crippen LogP contribution in [-0.4, -0.2) is 32.1 Å². The summed E-state index contributed by atoms with van der Waals surface area (Å²) >= 11 is 0. The van der Waals surface area contributed by atoms with Crippen LogP contribution in [0.15, 0.2) is 60.7 Å². The lowest BCUT2D eigenvalue weighted by Gasteiger charge is -2.28. The van der Waals surface area contributed by atoms with Crippen LogP contribution in [0.1, 0.15) is 18.9 Å². The van der Waals surface area contributed by atoms with Gasteiger partial charge in [0.2, 0.25) is 0 Å². The smallest absolute Gasteiger partial charge is 0.282 e. The highest BCUT2D eigenvalue weighted by Gasteiger charge is 2.27. The molecule has 2 atom stereocenters. The minimum Gasteiger partial charge on any atom is -0.495 e. The maximum atomic E-state index is 12.6. The summed E-state index contributed by atoms with van der Waals surface area (Å²) in [4.78, 5) is 13.9. The van der Waals surface area contributed by atoms with E-state index in [2.05, 4.69) is 35.7 Å². The summed E-state index contributed by atoms with van der Waals surface area (Å²) in [6, 6.07) is 17.9. The van der Waals surface area contributed by atoms with Crippen molar-refractivity contribution in [2.75, 3.05) is 25.5 Å². The molecule has 3 rings (SSSR count). The third kappa shape index (κ3) is 4.09. The Kier molecular flexibility index (Phi) is 5.51. The van der Waals surface area contributed by atoms with Crippen molar-refractivity contribution in [2.45, 2.75) is 19.4 Å². The summed E-state index contributed by atoms with van der Waals surface area (Å²) in [5, 5.41) is 3.00. The van der Waals surface area contributed by atoms with E-state index in [1.54, 1.807) is 7.11 Å². The molecule has 2 aromatic rings. The molecule has 0 radical (unpaired) electrons. The van der Waals surface area contributed by atoms with Crippen LogP contribution < -0.4 is 15.0 Å². The predicted molar refractivity (Wildman–Crippen MR) is 101 cm³/mol. The normalized spacial score (nSPS) is 18.2. The highest BCUT2D eigenvalue weighted by molar-refractivity contribution is 5.95. The van der Waals surface area contributed by atoms with Crippen LogP contribution in [-0.2, 0) is 4.79 Å². The molecule has 2 aromatic carbocycles. The lowest BCUT2D eigenvalue weighted by atomic mass is 9.99. The van der Waals surface area contributed by atoms with E-state index in [0.717, 1.165) is 25.2 Å². The molecule has 1 unspecified atom stereocenters. The first-order valence-electron chi connectivity index (χ1n) is 8.72. The molecule has 1 aliphatic heterocycles. The molecule has 4 nitrogen and oxygen atoms in total. The molecule has 0 spiro atoms. The van der Waals surface area contributed by atoms with Crippen LogP contribution in [0.5, 0.6) is 5.75 Å². The number of rotatable bonds is 5. The van der Waals surface area contributed by atoms with Crippen LogP contribution in [0.3, 0.4) is 0 Å². The maximum absolute atomic E-state index is 12.6. The minimum absolute atomic E-state index is 0.0241. The molecule has 0 aliphatic carbocycles. The molecule has 25 heavy (non-hydrogen) atoms. The fourth-order valence-corrected chi connectivity index (χ4v) is 3.24. The standard InChI is InChI=1S/C21H24N2O2/c1-16(21(24)22-19-10-6-7-11-20(19)25-2)23-14-12-18(13-15-23)17-8-4-3-5-9-17/h3-12,16H,13-15H2,1-2H3,(H,22,24)/p+1/t16-/m1/s1. The third-order valence-corrected chi connectivity index (χ3v) is 4.84. The molecule has 130 valence electrons. The van der Waals surface area contributed by atoms with Crippen LogP contribution in [0.4, 0.5) is 5.69 Å². The van der Waals surface area contributed by atoms with E-state index in [-0.39, 0.29) is 11.9 Å². The van der Waals surface area contributed by atoms with Crippen molar-refractivity contribution in [3.05, 3.63) is 66.2 Å². The maximum Gasteiger partial charge on any atom is 0.282 e. The molecule has 1 amide bonds. The Balaban J connectivity index is 1.63. The molecule has 0 aromatic heterocycles. The van der Waals surface area contributed by atoms with Gasteiger partial charge in [0.15, 0.2) is 6.04 Å². The quantitative estimate of drug-likeness (QED) is 0.880. The van der Waals surface area contributed by atoms with Gasteiger partial charge in [-0.05, 0) is 36.3 Å². The van der Waals surface area contributed by atoms with Crippen molar-refractivity contribution in [3.8, 4) is 5.75 Å². The molecule has 0 fully saturated rings. The Hall–Kier alpha value is -2.59. The zero-order chi connectivity index (χ0) is 17.6. The second-order valence-corrected chi connectivity index (χ2v) is 6.37. The number of amides is 1. The minimum atomic E-state index is -0.113. The van der Waals surface area contributed by atoms with E-state index in [1.807, 2.05) is 37.3 Å². The van der Waals surface area contributed by atoms with E-state index < -0.39 is 0 Å². The van der Waals surface area contributed by atoms with Crippen LogP contribution in [0.2, 0.25) is 0 Å². The molecule has 1 heterocycles. The highest BCUT2D eigenvalue weighted by atomic mass is 16.5. The van der Waals surface area contributed by atoms with Crippen molar-refractivity contribution in [2.24, 2.45) is 0 Å². The molecule has 0 bridgehead atoms. The molecule has 0 saturated carbocycles. The van der Waals surface area contributed by atoms with Gasteiger partial charge in [0.25, 0.3) is 5.91 Å². The molecule has 1 aliphatic rings. The summed E-state index contributed by atoms with van der Waals surface area (Å²) in [5.74, 6) is 0.707. The fraction of sp³-hybridized carbons (Fsp3) is 0.286. The number of carbonyl (C=O) groups excluding carboxylic acids is 1. The first-order valence-corrected chi connectivity index (χ1v) is 8.72. The number of nitrogens with one attached hydrogen (secondary N) is 2. The third-order valence-electron chi connectivity index (χ3n) is 4.84. The number of hydrogen-bond donors (Lipinski definition) is 2. The van der Waals surface area contributed by atoms with Gasteiger partial charge in [-0.1, -0.05) is 42.5 Å². The molecule has 0 saturated heterocycles. The topological polar surface area (TPSA) is 42.8 Å². The van der Waals surface area contributed by atoms with Crippen LogP contribution in [0, 0.1) is 0 Å². The van der Waals surface area contributed by atoms with Crippen molar-refractivity contribution in [1.82, 2.24) is 0 Å². The number of methoxy groups -OCH3 is 1. The van der Waals surface area contributed by atoms with Gasteiger partial charge < -0.3 is 15.0 Å². The molecule has 2 N–H and O–H groups in total. The van der Waals surface area contributed by atoms with E-state index >= 15 is 0 Å². The molecular formula is C21H25N2O2+. The number of quaternary nitrogens is 1. The van der Waals surface area contributed by atoms with Crippen molar-refractivity contribution in [3.63, 3.8) is 0 Å². The summed E-state index contributed by atoms with van der Waals surface area (Å²) < 4.78 is 5.30. The number of ether oxygens (including phenoxy) is 1. The summed E-state index contributed by atoms with van der Waals surface area (Å²) in [5.41, 5.74) is 3.38. The number of hydrogen-bond acceptors (Lipinski definition) is 2. The fourth-order valence-electron chi connectivity index (χ4n) is 3.24. The SMILES string of the molecule is COc1ccccc1NC(=O)[C@@H](C)[NH+]1CC=C(c2ccccc2)CC1. The number of carbonyl (C=O) groups is 1. The zero-order valence-electron chi connectivity index (χ0n) is 14.8. The van der Waals surface area contributed by atoms with Crippen LogP contribution >= 0.6 is 0 Å². The number of anilines is 1. The van der Waals surface area contributed by atoms with Gasteiger partial charge >= 0.3 is 0 Å². The second-order valence-electron chi connectivity index (χ2n) is 6.37. The number of para-hydroxylation sites is 2. The first kappa shape index (κ1) is 17.2. The summed E-state index contributed by atoms with van der Waals surface area (Å²) in [6.45, 7) is 3.81. The summed E-state index contributed by atoms with van der Waals surface area (Å²) in [7, 11) is 1.61. The van der Waals surface area contributed by atoms with Crippen molar-refractivity contribution < 1.29 is 14.4 Å². The lowest BCUT2D eigenvalue weighted by molar-refractivity contribution is -0.909. The van der Waals surface area contributed by atoms with Gasteiger partial charge in [0.1, 0.15) is 5.75 Å². The first-order chi connectivity index (χ1) is 12.2. The number of benzene rings is 2. The van der Waals surface area contributed by atoms with Gasteiger partial charge in [-0.3, -0.25) is 4.79 Å². The van der Waals surface area contributed by atoms with Gasteiger partial charge in [-0.2, -0.15) is 0 Å². The average molecular weight is 337 g/mol. The van der Waals surface area contributed by atoms with E-state index in [9.17, 15) is 4.79 Å². The molecule has 4 heteroatoms. The van der Waals surface area contributed by atoms with Gasteiger partial charge in [0, 0.05) is 6.42 Å². The monoisotopic (exact) mass is 337 g/mol. The Labute approximate surface area is 149 Å². The van der Waals surface area contributed by atoms with Gasteiger partial charge in [-0.15, -0.1) is 0 Å². The highest BCUT2D eigenvalue weighted by Crippen LogP contribution is 2.23. The van der Waals surface area contributed by atoms with E-state index in [4.69, 9.17) is 4.74 Å². The Morgan fingerprint density at radius 2 is 1.84 bits per heavy atom. The van der Waals surface area contributed by atoms with E-state index in [0.29, 0.717) is 5.75 Å². The Bertz CT molecular complexity index is 756. The largest absolute Gasteiger partial charge is 0.495 e. The average Bonchev–Trinajstić information content (AvgIpc) is 2.68.